The average Bonchev–Trinajstić information content (AvgIpc) is 2.65. The van der Waals surface area contributed by atoms with E-state index in [1.807, 2.05) is 24.3 Å². The lowest BCUT2D eigenvalue weighted by molar-refractivity contribution is 0.327. The Labute approximate surface area is 90.1 Å². The molecule has 2 N–H and O–H groups in total. The highest BCUT2D eigenvalue weighted by atomic mass is 15.2. The summed E-state index contributed by atoms with van der Waals surface area (Å²) in [6.07, 6.45) is 1.09. The predicted molar refractivity (Wildman–Crippen MR) is 59.0 cm³/mol. The lowest BCUT2D eigenvalue weighted by atomic mass is 10.1. The summed E-state index contributed by atoms with van der Waals surface area (Å²) in [4.78, 5) is 2.35. The lowest BCUT2D eigenvalue weighted by Crippen LogP contribution is -2.26. The topological polar surface area (TPSA) is 53.0 Å². The van der Waals surface area contributed by atoms with Crippen molar-refractivity contribution in [3.05, 3.63) is 35.4 Å². The summed E-state index contributed by atoms with van der Waals surface area (Å²) in [5.41, 5.74) is 7.81. The van der Waals surface area contributed by atoms with E-state index in [1.54, 1.807) is 0 Å². The second kappa shape index (κ2) is 4.43. The van der Waals surface area contributed by atoms with Gasteiger partial charge in [0.15, 0.2) is 0 Å². The summed E-state index contributed by atoms with van der Waals surface area (Å²) < 4.78 is 0. The fourth-order valence-corrected chi connectivity index (χ4v) is 1.95. The van der Waals surface area contributed by atoms with Gasteiger partial charge in [-0.3, -0.25) is 4.90 Å². The maximum Gasteiger partial charge on any atom is 0.0991 e. The van der Waals surface area contributed by atoms with E-state index in [-0.39, 0.29) is 0 Å². The zero-order valence-electron chi connectivity index (χ0n) is 8.69. The van der Waals surface area contributed by atoms with Crippen LogP contribution in [0.4, 0.5) is 0 Å². The standard InChI is InChI=1S/C12H15N3/c13-7-10-1-3-11(4-2-10)8-15-6-5-12(14)9-15/h1-4,12H,5-6,8-9,14H2. The van der Waals surface area contributed by atoms with Gasteiger partial charge in [0.1, 0.15) is 0 Å². The van der Waals surface area contributed by atoms with Gasteiger partial charge in [0, 0.05) is 25.7 Å². The van der Waals surface area contributed by atoms with Crippen LogP contribution in [0.25, 0.3) is 0 Å². The molecule has 1 fully saturated rings. The van der Waals surface area contributed by atoms with Crippen molar-refractivity contribution in [2.24, 2.45) is 5.73 Å². The molecule has 1 aliphatic heterocycles. The second-order valence-corrected chi connectivity index (χ2v) is 4.09. The van der Waals surface area contributed by atoms with E-state index in [9.17, 15) is 0 Å². The minimum Gasteiger partial charge on any atom is -0.326 e. The van der Waals surface area contributed by atoms with Crippen molar-refractivity contribution in [2.45, 2.75) is 19.0 Å². The largest absolute Gasteiger partial charge is 0.326 e. The van der Waals surface area contributed by atoms with E-state index >= 15 is 0 Å². The molecule has 1 saturated heterocycles. The third kappa shape index (κ3) is 2.56. The first-order valence-electron chi connectivity index (χ1n) is 5.25. The van der Waals surface area contributed by atoms with Gasteiger partial charge in [-0.05, 0) is 24.1 Å². The zero-order valence-corrected chi connectivity index (χ0v) is 8.69. The molecule has 0 amide bonds. The van der Waals surface area contributed by atoms with Crippen LogP contribution >= 0.6 is 0 Å². The van der Waals surface area contributed by atoms with Crippen LogP contribution in [-0.2, 0) is 6.54 Å². The van der Waals surface area contributed by atoms with Crippen molar-refractivity contribution in [2.75, 3.05) is 13.1 Å². The van der Waals surface area contributed by atoms with Crippen LogP contribution in [0.1, 0.15) is 17.5 Å². The molecule has 1 aromatic rings. The van der Waals surface area contributed by atoms with Crippen LogP contribution in [0.3, 0.4) is 0 Å². The summed E-state index contributed by atoms with van der Waals surface area (Å²) in [5.74, 6) is 0. The Morgan fingerprint density at radius 3 is 2.67 bits per heavy atom. The molecule has 3 nitrogen and oxygen atoms in total. The van der Waals surface area contributed by atoms with Gasteiger partial charge in [-0.15, -0.1) is 0 Å². The average molecular weight is 201 g/mol. The third-order valence-electron chi connectivity index (χ3n) is 2.80. The van der Waals surface area contributed by atoms with Crippen LogP contribution in [-0.4, -0.2) is 24.0 Å². The van der Waals surface area contributed by atoms with E-state index < -0.39 is 0 Å². The van der Waals surface area contributed by atoms with Gasteiger partial charge >= 0.3 is 0 Å². The van der Waals surface area contributed by atoms with Gasteiger partial charge in [-0.2, -0.15) is 5.26 Å². The van der Waals surface area contributed by atoms with Gasteiger partial charge < -0.3 is 5.73 Å². The molecule has 1 unspecified atom stereocenters. The molecule has 0 aliphatic carbocycles. The smallest absolute Gasteiger partial charge is 0.0991 e. The van der Waals surface area contributed by atoms with E-state index in [0.717, 1.165) is 31.6 Å². The molecular weight excluding hydrogens is 186 g/mol. The molecule has 78 valence electrons. The summed E-state index contributed by atoms with van der Waals surface area (Å²) >= 11 is 0. The number of hydrogen-bond donors (Lipinski definition) is 1. The molecule has 0 aromatic heterocycles. The highest BCUT2D eigenvalue weighted by Gasteiger charge is 2.18. The second-order valence-electron chi connectivity index (χ2n) is 4.09. The summed E-state index contributed by atoms with van der Waals surface area (Å²) in [6.45, 7) is 3.01. The maximum atomic E-state index is 8.67. The quantitative estimate of drug-likeness (QED) is 0.779. The Morgan fingerprint density at radius 1 is 1.40 bits per heavy atom. The molecule has 1 heterocycles. The molecule has 1 aromatic carbocycles. The first kappa shape index (κ1) is 10.2. The molecule has 15 heavy (non-hydrogen) atoms. The van der Waals surface area contributed by atoms with Crippen molar-refractivity contribution in [3.8, 4) is 6.07 Å². The maximum absolute atomic E-state index is 8.67. The van der Waals surface area contributed by atoms with E-state index in [1.165, 1.54) is 5.56 Å². The normalized spacial score (nSPS) is 21.5. The number of benzene rings is 1. The van der Waals surface area contributed by atoms with Gasteiger partial charge in [0.05, 0.1) is 11.6 Å². The van der Waals surface area contributed by atoms with Crippen LogP contribution in [0.15, 0.2) is 24.3 Å². The summed E-state index contributed by atoms with van der Waals surface area (Å²) in [5, 5.41) is 8.67. The summed E-state index contributed by atoms with van der Waals surface area (Å²) in [7, 11) is 0. The van der Waals surface area contributed by atoms with Gasteiger partial charge in [0.25, 0.3) is 0 Å². The predicted octanol–water partition coefficient (Wildman–Crippen LogP) is 1.09. The zero-order chi connectivity index (χ0) is 10.7. The fraction of sp³-hybridized carbons (Fsp3) is 0.417. The molecule has 0 radical (unpaired) electrons. The minimum absolute atomic E-state index is 0.336. The summed E-state index contributed by atoms with van der Waals surface area (Å²) in [6, 6.07) is 10.2. The molecule has 1 aliphatic rings. The highest BCUT2D eigenvalue weighted by molar-refractivity contribution is 5.31. The van der Waals surface area contributed by atoms with Crippen LogP contribution in [0.5, 0.6) is 0 Å². The molecule has 3 heteroatoms. The van der Waals surface area contributed by atoms with Crippen molar-refractivity contribution >= 4 is 0 Å². The fourth-order valence-electron chi connectivity index (χ4n) is 1.95. The minimum atomic E-state index is 0.336. The molecular formula is C12H15N3. The number of nitriles is 1. The van der Waals surface area contributed by atoms with Crippen molar-refractivity contribution < 1.29 is 0 Å². The Bertz CT molecular complexity index is 363. The first-order chi connectivity index (χ1) is 7.28. The van der Waals surface area contributed by atoms with Gasteiger partial charge in [-0.1, -0.05) is 12.1 Å². The van der Waals surface area contributed by atoms with E-state index in [0.29, 0.717) is 6.04 Å². The van der Waals surface area contributed by atoms with Crippen molar-refractivity contribution in [1.82, 2.24) is 4.90 Å². The number of nitrogens with zero attached hydrogens (tertiary/aromatic N) is 2. The molecule has 2 rings (SSSR count). The number of rotatable bonds is 2. The Kier molecular flexibility index (Phi) is 3.00. The number of likely N-dealkylation sites (tertiary alicyclic amines) is 1. The van der Waals surface area contributed by atoms with Crippen molar-refractivity contribution in [1.29, 1.82) is 5.26 Å². The van der Waals surface area contributed by atoms with Gasteiger partial charge in [0.2, 0.25) is 0 Å². The van der Waals surface area contributed by atoms with Crippen LogP contribution in [0, 0.1) is 11.3 Å². The molecule has 0 saturated carbocycles. The highest BCUT2D eigenvalue weighted by Crippen LogP contribution is 2.12. The van der Waals surface area contributed by atoms with Crippen LogP contribution in [0.2, 0.25) is 0 Å². The Hall–Kier alpha value is -1.37. The number of nitrogens with two attached hydrogens (primary N) is 1. The Balaban J connectivity index is 1.96. The molecule has 0 bridgehead atoms. The van der Waals surface area contributed by atoms with Crippen molar-refractivity contribution in [3.63, 3.8) is 0 Å². The SMILES string of the molecule is N#Cc1ccc(CN2CCC(N)C2)cc1. The van der Waals surface area contributed by atoms with Gasteiger partial charge in [-0.25, -0.2) is 0 Å². The molecule has 0 spiro atoms. The monoisotopic (exact) mass is 201 g/mol. The molecule has 1 atom stereocenters. The Morgan fingerprint density at radius 2 is 2.13 bits per heavy atom. The van der Waals surface area contributed by atoms with E-state index in [4.69, 9.17) is 11.0 Å². The third-order valence-corrected chi connectivity index (χ3v) is 2.80. The first-order valence-corrected chi connectivity index (χ1v) is 5.25. The van der Waals surface area contributed by atoms with Crippen LogP contribution < -0.4 is 5.73 Å². The number of hydrogen-bond acceptors (Lipinski definition) is 3. The van der Waals surface area contributed by atoms with E-state index in [2.05, 4.69) is 11.0 Å². The lowest BCUT2D eigenvalue weighted by Gasteiger charge is -2.14.